The molecule has 2 heterocycles. The van der Waals surface area contributed by atoms with Crippen LogP contribution < -0.4 is 5.32 Å². The molecule has 2 atom stereocenters. The normalized spacial score (nSPS) is 20.0. The molecule has 0 spiro atoms. The van der Waals surface area contributed by atoms with Crippen LogP contribution in [-0.4, -0.2) is 34.2 Å². The molecule has 2 amide bonds. The number of piperidine rings is 1. The van der Waals surface area contributed by atoms with Crippen molar-refractivity contribution in [1.29, 1.82) is 0 Å². The average molecular weight is 308 g/mol. The zero-order valence-corrected chi connectivity index (χ0v) is 14.0. The van der Waals surface area contributed by atoms with E-state index in [9.17, 15) is 4.79 Å². The van der Waals surface area contributed by atoms with Gasteiger partial charge in [-0.05, 0) is 32.1 Å². The highest BCUT2D eigenvalue weighted by Gasteiger charge is 2.32. The fourth-order valence-electron chi connectivity index (χ4n) is 2.67. The molecule has 1 aliphatic heterocycles. The quantitative estimate of drug-likeness (QED) is 0.815. The van der Waals surface area contributed by atoms with Crippen molar-refractivity contribution in [1.82, 2.24) is 20.4 Å². The number of likely N-dealkylation sites (tertiary alicyclic amines) is 1. The minimum atomic E-state index is -0.0827. The van der Waals surface area contributed by atoms with E-state index >= 15 is 0 Å². The molecule has 0 aromatic carbocycles. The van der Waals surface area contributed by atoms with E-state index in [-0.39, 0.29) is 18.0 Å². The van der Waals surface area contributed by atoms with Gasteiger partial charge in [-0.2, -0.15) is 4.98 Å². The van der Waals surface area contributed by atoms with Crippen molar-refractivity contribution >= 4 is 6.03 Å². The number of amides is 2. The lowest BCUT2D eigenvalue weighted by molar-refractivity contribution is 0.132. The number of nitrogens with zero attached hydrogens (tertiary/aromatic N) is 3. The summed E-state index contributed by atoms with van der Waals surface area (Å²) in [5, 5.41) is 7.08. The Labute approximate surface area is 132 Å². The highest BCUT2D eigenvalue weighted by Crippen LogP contribution is 2.30. The van der Waals surface area contributed by atoms with Gasteiger partial charge in [0.2, 0.25) is 5.89 Å². The lowest BCUT2D eigenvalue weighted by Gasteiger charge is -2.33. The van der Waals surface area contributed by atoms with Crippen LogP contribution in [0.1, 0.15) is 83.0 Å². The standard InChI is InChI=1S/C16H28N4O2/c1-4-6-10-17-16(21)20-11-8-7-9-13(20)15-18-14(19-22-15)12(3)5-2/h12-13H,4-11H2,1-3H3,(H,17,21)/t12-,13-/m1/s1. The van der Waals surface area contributed by atoms with Crippen molar-refractivity contribution in [3.63, 3.8) is 0 Å². The first-order valence-electron chi connectivity index (χ1n) is 8.55. The molecule has 1 fully saturated rings. The van der Waals surface area contributed by atoms with Gasteiger partial charge in [0, 0.05) is 19.0 Å². The smallest absolute Gasteiger partial charge is 0.318 e. The second-order valence-corrected chi connectivity index (χ2v) is 6.09. The van der Waals surface area contributed by atoms with E-state index in [1.54, 1.807) is 0 Å². The summed E-state index contributed by atoms with van der Waals surface area (Å²) in [7, 11) is 0. The summed E-state index contributed by atoms with van der Waals surface area (Å²) >= 11 is 0. The summed E-state index contributed by atoms with van der Waals surface area (Å²) in [5.41, 5.74) is 0. The first-order valence-corrected chi connectivity index (χ1v) is 8.55. The zero-order chi connectivity index (χ0) is 15.9. The van der Waals surface area contributed by atoms with Crippen LogP contribution in [0.4, 0.5) is 4.79 Å². The molecule has 1 aromatic rings. The van der Waals surface area contributed by atoms with Gasteiger partial charge in [-0.15, -0.1) is 0 Å². The summed E-state index contributed by atoms with van der Waals surface area (Å²) in [6.07, 6.45) is 6.07. The maximum Gasteiger partial charge on any atom is 0.318 e. The Morgan fingerprint density at radius 2 is 2.27 bits per heavy atom. The van der Waals surface area contributed by atoms with Crippen molar-refractivity contribution in [3.05, 3.63) is 11.7 Å². The second-order valence-electron chi connectivity index (χ2n) is 6.09. The van der Waals surface area contributed by atoms with Gasteiger partial charge in [-0.1, -0.05) is 32.3 Å². The van der Waals surface area contributed by atoms with Crippen molar-refractivity contribution < 1.29 is 9.32 Å². The number of nitrogens with one attached hydrogen (secondary N) is 1. The number of hydrogen-bond acceptors (Lipinski definition) is 4. The van der Waals surface area contributed by atoms with Crippen LogP contribution in [0.2, 0.25) is 0 Å². The molecule has 0 saturated carbocycles. The van der Waals surface area contributed by atoms with Crippen molar-refractivity contribution in [2.75, 3.05) is 13.1 Å². The van der Waals surface area contributed by atoms with Gasteiger partial charge in [0.25, 0.3) is 0 Å². The number of carbonyl (C=O) groups is 1. The Morgan fingerprint density at radius 3 is 3.00 bits per heavy atom. The second kappa shape index (κ2) is 8.15. The van der Waals surface area contributed by atoms with Crippen LogP contribution >= 0.6 is 0 Å². The molecule has 0 radical (unpaired) electrons. The zero-order valence-electron chi connectivity index (χ0n) is 14.0. The third-order valence-electron chi connectivity index (χ3n) is 4.37. The summed E-state index contributed by atoms with van der Waals surface area (Å²) in [6, 6.07) is -0.0953. The first kappa shape index (κ1) is 16.8. The number of urea groups is 1. The van der Waals surface area contributed by atoms with Gasteiger partial charge < -0.3 is 14.7 Å². The van der Waals surface area contributed by atoms with E-state index in [2.05, 4.69) is 36.2 Å². The van der Waals surface area contributed by atoms with E-state index in [0.717, 1.165) is 57.4 Å². The summed E-state index contributed by atoms with van der Waals surface area (Å²) in [6.45, 7) is 7.79. The maximum absolute atomic E-state index is 12.4. The summed E-state index contributed by atoms with van der Waals surface area (Å²) in [4.78, 5) is 18.8. The molecular weight excluding hydrogens is 280 g/mol. The van der Waals surface area contributed by atoms with Gasteiger partial charge in [0.05, 0.1) is 0 Å². The van der Waals surface area contributed by atoms with E-state index in [0.29, 0.717) is 5.89 Å². The Hall–Kier alpha value is -1.59. The van der Waals surface area contributed by atoms with Crippen LogP contribution in [0.15, 0.2) is 4.52 Å². The fourth-order valence-corrected chi connectivity index (χ4v) is 2.67. The lowest BCUT2D eigenvalue weighted by atomic mass is 10.0. The number of hydrogen-bond donors (Lipinski definition) is 1. The molecular formula is C16H28N4O2. The molecule has 124 valence electrons. The molecule has 0 bridgehead atoms. The average Bonchev–Trinajstić information content (AvgIpc) is 3.04. The first-order chi connectivity index (χ1) is 10.7. The highest BCUT2D eigenvalue weighted by atomic mass is 16.5. The molecule has 1 N–H and O–H groups in total. The minimum Gasteiger partial charge on any atom is -0.338 e. The van der Waals surface area contributed by atoms with Crippen molar-refractivity contribution in [2.45, 2.75) is 71.3 Å². The van der Waals surface area contributed by atoms with E-state index in [4.69, 9.17) is 4.52 Å². The molecule has 6 heteroatoms. The van der Waals surface area contributed by atoms with Crippen molar-refractivity contribution in [2.24, 2.45) is 0 Å². The summed E-state index contributed by atoms with van der Waals surface area (Å²) in [5.74, 6) is 1.61. The number of carbonyl (C=O) groups excluding carboxylic acids is 1. The topological polar surface area (TPSA) is 71.3 Å². The fraction of sp³-hybridized carbons (Fsp3) is 0.812. The van der Waals surface area contributed by atoms with E-state index in [1.807, 2.05) is 4.90 Å². The van der Waals surface area contributed by atoms with Gasteiger partial charge in [0.1, 0.15) is 6.04 Å². The van der Waals surface area contributed by atoms with E-state index in [1.165, 1.54) is 0 Å². The predicted octanol–water partition coefficient (Wildman–Crippen LogP) is 3.62. The third-order valence-corrected chi connectivity index (χ3v) is 4.37. The Kier molecular flexibility index (Phi) is 6.21. The molecule has 6 nitrogen and oxygen atoms in total. The number of unbranched alkanes of at least 4 members (excludes halogenated alkanes) is 1. The number of rotatable bonds is 6. The molecule has 1 aliphatic rings. The molecule has 2 rings (SSSR count). The predicted molar refractivity (Wildman–Crippen MR) is 84.6 cm³/mol. The minimum absolute atomic E-state index is 0.0126. The van der Waals surface area contributed by atoms with Gasteiger partial charge in [-0.25, -0.2) is 4.79 Å². The van der Waals surface area contributed by atoms with Crippen LogP contribution in [0.3, 0.4) is 0 Å². The Morgan fingerprint density at radius 1 is 1.45 bits per heavy atom. The summed E-state index contributed by atoms with van der Waals surface area (Å²) < 4.78 is 5.45. The number of aromatic nitrogens is 2. The van der Waals surface area contributed by atoms with Crippen LogP contribution in [-0.2, 0) is 0 Å². The van der Waals surface area contributed by atoms with Gasteiger partial charge in [-0.3, -0.25) is 0 Å². The van der Waals surface area contributed by atoms with Gasteiger partial charge >= 0.3 is 6.03 Å². The SMILES string of the molecule is CCCCNC(=O)N1CCCC[C@@H]1c1nc([C@H](C)CC)no1. The lowest BCUT2D eigenvalue weighted by Crippen LogP contribution is -2.45. The molecule has 22 heavy (non-hydrogen) atoms. The third kappa shape index (κ3) is 3.99. The van der Waals surface area contributed by atoms with Crippen LogP contribution in [0.5, 0.6) is 0 Å². The van der Waals surface area contributed by atoms with E-state index < -0.39 is 0 Å². The largest absolute Gasteiger partial charge is 0.338 e. The molecule has 1 aromatic heterocycles. The molecule has 0 aliphatic carbocycles. The van der Waals surface area contributed by atoms with Crippen molar-refractivity contribution in [3.8, 4) is 0 Å². The van der Waals surface area contributed by atoms with Crippen LogP contribution in [0, 0.1) is 0 Å². The maximum atomic E-state index is 12.4. The molecule has 1 saturated heterocycles. The van der Waals surface area contributed by atoms with Crippen LogP contribution in [0.25, 0.3) is 0 Å². The highest BCUT2D eigenvalue weighted by molar-refractivity contribution is 5.74. The van der Waals surface area contributed by atoms with Gasteiger partial charge in [0.15, 0.2) is 5.82 Å². The molecule has 0 unspecified atom stereocenters. The monoisotopic (exact) mass is 308 g/mol. The Balaban J connectivity index is 2.05. The Bertz CT molecular complexity index is 474.